The van der Waals surface area contributed by atoms with Gasteiger partial charge in [-0.3, -0.25) is 4.79 Å². The van der Waals surface area contributed by atoms with Crippen molar-refractivity contribution in [1.29, 1.82) is 0 Å². The number of rotatable bonds is 3. The molecule has 0 unspecified atom stereocenters. The normalized spacial score (nSPS) is 12.8. The summed E-state index contributed by atoms with van der Waals surface area (Å²) < 4.78 is 4.70. The largest absolute Gasteiger partial charge is 0.459 e. The number of carbonyl (C=O) groups excluding carboxylic acids is 2. The van der Waals surface area contributed by atoms with E-state index in [2.05, 4.69) is 4.84 Å². The lowest BCUT2D eigenvalue weighted by Crippen LogP contribution is -2.36. The predicted molar refractivity (Wildman–Crippen MR) is 74.4 cm³/mol. The van der Waals surface area contributed by atoms with Gasteiger partial charge >= 0.3 is 17.6 Å². The van der Waals surface area contributed by atoms with E-state index in [1.807, 2.05) is 0 Å². The highest BCUT2D eigenvalue weighted by atomic mass is 35.5. The lowest BCUT2D eigenvalue weighted by atomic mass is 10.1. The number of halogens is 1. The molecule has 0 N–H and O–H groups in total. The Morgan fingerprint density at radius 1 is 1.43 bits per heavy atom. The first kappa shape index (κ1) is 15.2. The summed E-state index contributed by atoms with van der Waals surface area (Å²) in [5.74, 6) is -1.71. The Kier molecular flexibility index (Phi) is 4.42. The summed E-state index contributed by atoms with van der Waals surface area (Å²) in [7, 11) is 1.23. The standard InChI is InChI=1S/C13H14ClN2O5/c1-3-21-13(18)12(17)15-5-4-9-10(15)6-8(14)7-11(9)16(19)20-2/h6-7H,3-5H2,1-2H3/q+1. The van der Waals surface area contributed by atoms with E-state index in [1.165, 1.54) is 24.1 Å². The number of hydrogen-bond acceptors (Lipinski definition) is 5. The van der Waals surface area contributed by atoms with Gasteiger partial charge in [0.05, 0.1) is 22.8 Å². The second kappa shape index (κ2) is 6.09. The fraction of sp³-hybridized carbons (Fsp3) is 0.385. The van der Waals surface area contributed by atoms with Crippen molar-refractivity contribution >= 4 is 34.9 Å². The lowest BCUT2D eigenvalue weighted by Gasteiger charge is -2.15. The third kappa shape index (κ3) is 2.82. The number of ether oxygens (including phenoxy) is 1. The van der Waals surface area contributed by atoms with Crippen LogP contribution in [0, 0.1) is 4.91 Å². The Bertz CT molecular complexity index is 617. The van der Waals surface area contributed by atoms with E-state index in [0.717, 1.165) is 0 Å². The van der Waals surface area contributed by atoms with Gasteiger partial charge in [0.2, 0.25) is 0 Å². The average molecular weight is 314 g/mol. The smallest absolute Gasteiger partial charge is 0.397 e. The van der Waals surface area contributed by atoms with Crippen molar-refractivity contribution in [2.45, 2.75) is 13.3 Å². The molecule has 0 atom stereocenters. The molecule has 1 aromatic carbocycles. The van der Waals surface area contributed by atoms with Crippen molar-refractivity contribution in [2.75, 3.05) is 25.2 Å². The molecule has 1 heterocycles. The van der Waals surface area contributed by atoms with Crippen LogP contribution in [-0.2, 0) is 25.6 Å². The molecular weight excluding hydrogens is 300 g/mol. The molecule has 8 heteroatoms. The molecule has 112 valence electrons. The fourth-order valence-electron chi connectivity index (χ4n) is 2.22. The minimum Gasteiger partial charge on any atom is -0.459 e. The summed E-state index contributed by atoms with van der Waals surface area (Å²) in [6.07, 6.45) is 0.426. The number of carbonyl (C=O) groups is 2. The van der Waals surface area contributed by atoms with E-state index in [0.29, 0.717) is 22.6 Å². The number of benzene rings is 1. The van der Waals surface area contributed by atoms with Crippen LogP contribution in [0.5, 0.6) is 0 Å². The van der Waals surface area contributed by atoms with Gasteiger partial charge in [-0.2, -0.15) is 0 Å². The van der Waals surface area contributed by atoms with E-state index in [4.69, 9.17) is 16.3 Å². The highest BCUT2D eigenvalue weighted by Crippen LogP contribution is 2.38. The Labute approximate surface area is 125 Å². The number of esters is 1. The Morgan fingerprint density at radius 3 is 2.76 bits per heavy atom. The molecule has 0 fully saturated rings. The van der Waals surface area contributed by atoms with Crippen molar-refractivity contribution in [3.05, 3.63) is 27.6 Å². The fourth-order valence-corrected chi connectivity index (χ4v) is 2.43. The molecule has 0 aromatic heterocycles. The number of fused-ring (bicyclic) bond motifs is 1. The zero-order chi connectivity index (χ0) is 15.6. The maximum absolute atomic E-state index is 12.0. The highest BCUT2D eigenvalue weighted by Gasteiger charge is 2.36. The maximum Gasteiger partial charge on any atom is 0.397 e. The summed E-state index contributed by atoms with van der Waals surface area (Å²) in [6.45, 7) is 2.01. The van der Waals surface area contributed by atoms with E-state index in [9.17, 15) is 14.5 Å². The number of nitrogens with zero attached hydrogens (tertiary/aromatic N) is 2. The van der Waals surface area contributed by atoms with Gasteiger partial charge in [-0.05, 0) is 19.4 Å². The second-order valence-corrected chi connectivity index (χ2v) is 4.73. The molecule has 1 amide bonds. The van der Waals surface area contributed by atoms with Gasteiger partial charge in [0.15, 0.2) is 7.11 Å². The van der Waals surface area contributed by atoms with Gasteiger partial charge < -0.3 is 9.64 Å². The number of hydrogen-bond donors (Lipinski definition) is 0. The van der Waals surface area contributed by atoms with Crippen LogP contribution in [0.15, 0.2) is 12.1 Å². The first-order valence-corrected chi connectivity index (χ1v) is 6.69. The topological polar surface area (TPSA) is 75.9 Å². The zero-order valence-corrected chi connectivity index (χ0v) is 12.3. The van der Waals surface area contributed by atoms with Gasteiger partial charge in [0.1, 0.15) is 0 Å². The first-order chi connectivity index (χ1) is 9.99. The predicted octanol–water partition coefficient (Wildman–Crippen LogP) is 1.76. The average Bonchev–Trinajstić information content (AvgIpc) is 2.88. The summed E-state index contributed by atoms with van der Waals surface area (Å²) >= 11 is 5.97. The Morgan fingerprint density at radius 2 is 2.14 bits per heavy atom. The summed E-state index contributed by atoms with van der Waals surface area (Å²) in [5.41, 5.74) is 1.25. The minimum atomic E-state index is -0.933. The number of anilines is 1. The van der Waals surface area contributed by atoms with E-state index < -0.39 is 11.9 Å². The monoisotopic (exact) mass is 313 g/mol. The van der Waals surface area contributed by atoms with Crippen molar-refractivity contribution in [3.63, 3.8) is 0 Å². The maximum atomic E-state index is 12.0. The molecule has 0 saturated carbocycles. The molecule has 7 nitrogen and oxygen atoms in total. The van der Waals surface area contributed by atoms with Gasteiger partial charge in [0.25, 0.3) is 4.92 Å². The SMILES string of the molecule is CCOC(=O)C(=O)N1CCc2c1cc(Cl)cc2[N+](=O)OC. The molecular formula is C13H14ClN2O5+. The second-order valence-electron chi connectivity index (χ2n) is 4.29. The van der Waals surface area contributed by atoms with Gasteiger partial charge in [0, 0.05) is 17.6 Å². The molecule has 1 aromatic rings. The van der Waals surface area contributed by atoms with Gasteiger partial charge in [-0.15, -0.1) is 0 Å². The molecule has 1 aliphatic heterocycles. The van der Waals surface area contributed by atoms with Gasteiger partial charge in [-0.1, -0.05) is 11.6 Å². The van der Waals surface area contributed by atoms with Crippen molar-refractivity contribution in [1.82, 2.24) is 0 Å². The van der Waals surface area contributed by atoms with Crippen LogP contribution in [0.4, 0.5) is 11.4 Å². The van der Waals surface area contributed by atoms with Crippen LogP contribution in [-0.4, -0.2) is 37.1 Å². The molecule has 2 rings (SSSR count). The summed E-state index contributed by atoms with van der Waals surface area (Å²) in [4.78, 5) is 41.5. The number of amides is 1. The molecule has 0 spiro atoms. The molecule has 0 radical (unpaired) electrons. The zero-order valence-electron chi connectivity index (χ0n) is 11.6. The molecule has 1 aliphatic rings. The minimum absolute atomic E-state index is 0.115. The van der Waals surface area contributed by atoms with Crippen molar-refractivity contribution < 1.29 is 24.1 Å². The Hall–Kier alpha value is -2.15. The van der Waals surface area contributed by atoms with Crippen molar-refractivity contribution in [2.24, 2.45) is 0 Å². The molecule has 0 bridgehead atoms. The van der Waals surface area contributed by atoms with E-state index in [-0.39, 0.29) is 23.9 Å². The third-order valence-corrected chi connectivity index (χ3v) is 3.32. The van der Waals surface area contributed by atoms with Crippen molar-refractivity contribution in [3.8, 4) is 0 Å². The highest BCUT2D eigenvalue weighted by molar-refractivity contribution is 6.38. The van der Waals surface area contributed by atoms with Gasteiger partial charge in [-0.25, -0.2) is 9.63 Å². The molecule has 0 saturated heterocycles. The first-order valence-electron chi connectivity index (χ1n) is 6.32. The van der Waals surface area contributed by atoms with Crippen LogP contribution in [0.2, 0.25) is 5.02 Å². The quantitative estimate of drug-likeness (QED) is 0.483. The van der Waals surface area contributed by atoms with Crippen LogP contribution >= 0.6 is 11.6 Å². The third-order valence-electron chi connectivity index (χ3n) is 3.10. The van der Waals surface area contributed by atoms with Crippen LogP contribution in [0.1, 0.15) is 12.5 Å². The van der Waals surface area contributed by atoms with E-state index in [1.54, 1.807) is 6.92 Å². The Balaban J connectivity index is 2.40. The van der Waals surface area contributed by atoms with E-state index >= 15 is 0 Å². The lowest BCUT2D eigenvalue weighted by molar-refractivity contribution is -0.737. The summed E-state index contributed by atoms with van der Waals surface area (Å²) in [5, 5.41) is 0.269. The molecule has 21 heavy (non-hydrogen) atoms. The molecule has 0 aliphatic carbocycles. The van der Waals surface area contributed by atoms with Crippen LogP contribution < -0.4 is 4.90 Å². The van der Waals surface area contributed by atoms with Crippen LogP contribution in [0.3, 0.4) is 0 Å². The van der Waals surface area contributed by atoms with Crippen LogP contribution in [0.25, 0.3) is 0 Å². The summed E-state index contributed by atoms with van der Waals surface area (Å²) in [6, 6.07) is 2.99.